The molecule has 0 bridgehead atoms. The van der Waals surface area contributed by atoms with Crippen LogP contribution < -0.4 is 5.73 Å². The van der Waals surface area contributed by atoms with Crippen molar-refractivity contribution in [2.45, 2.75) is 18.9 Å². The zero-order valence-electron chi connectivity index (χ0n) is 6.83. The molecule has 0 aromatic rings. The highest BCUT2D eigenvalue weighted by Crippen LogP contribution is 2.06. The number of hydrogen-bond acceptors (Lipinski definition) is 3. The molecule has 0 rings (SSSR count). The van der Waals surface area contributed by atoms with E-state index in [9.17, 15) is 4.79 Å². The molecule has 0 unspecified atom stereocenters. The van der Waals surface area contributed by atoms with Crippen LogP contribution in [0.15, 0.2) is 0 Å². The summed E-state index contributed by atoms with van der Waals surface area (Å²) in [6.45, 7) is 0. The Labute approximate surface area is 81.7 Å². The zero-order chi connectivity index (χ0) is 9.40. The number of thioether (sulfide) groups is 1. The molecule has 1 atom stereocenters. The summed E-state index contributed by atoms with van der Waals surface area (Å²) in [5.41, 5.74) is 5.29. The van der Waals surface area contributed by atoms with Crippen molar-refractivity contribution in [3.8, 4) is 0 Å². The molecule has 3 N–H and O–H groups in total. The molecular weight excluding hydrogens is 198 g/mol. The predicted octanol–water partition coefficient (Wildman–Crippen LogP) is 1.15. The number of aliphatic carboxylic acids is 1. The molecule has 0 saturated carbocycles. The van der Waals surface area contributed by atoms with Crippen molar-refractivity contribution in [2.75, 3.05) is 17.4 Å². The van der Waals surface area contributed by atoms with E-state index in [0.29, 0.717) is 12.3 Å². The second-order valence-corrected chi connectivity index (χ2v) is 3.99. The molecule has 0 aliphatic rings. The number of hydrogen-bond donors (Lipinski definition) is 2. The summed E-state index contributed by atoms with van der Waals surface area (Å²) in [5.74, 6) is 1.52. The van der Waals surface area contributed by atoms with Crippen molar-refractivity contribution in [2.24, 2.45) is 5.73 Å². The van der Waals surface area contributed by atoms with Crippen LogP contribution in [0.1, 0.15) is 12.8 Å². The number of carboxylic acid groups (broad SMARTS) is 1. The molecule has 72 valence electrons. The number of nitrogens with two attached hydrogens (primary N) is 1. The monoisotopic (exact) mass is 211 g/mol. The van der Waals surface area contributed by atoms with Crippen molar-refractivity contribution in [3.05, 3.63) is 0 Å². The van der Waals surface area contributed by atoms with Gasteiger partial charge in [0.1, 0.15) is 6.04 Å². The molecule has 0 aromatic carbocycles. The van der Waals surface area contributed by atoms with Gasteiger partial charge in [0.25, 0.3) is 0 Å². The van der Waals surface area contributed by atoms with E-state index in [2.05, 4.69) is 0 Å². The Bertz CT molecular complexity index is 135. The summed E-state index contributed by atoms with van der Waals surface area (Å²) < 4.78 is 0. The molecular formula is C7H14ClNO2S. The molecule has 0 saturated heterocycles. The Kier molecular flexibility index (Phi) is 7.75. The fourth-order valence-corrected chi connectivity index (χ4v) is 1.86. The first-order chi connectivity index (χ1) is 5.68. The zero-order valence-corrected chi connectivity index (χ0v) is 8.40. The first kappa shape index (κ1) is 12.1. The maximum absolute atomic E-state index is 10.3. The average molecular weight is 212 g/mol. The number of carbonyl (C=O) groups is 1. The maximum Gasteiger partial charge on any atom is 0.320 e. The molecule has 0 radical (unpaired) electrons. The fraction of sp³-hybridized carbons (Fsp3) is 0.857. The summed E-state index contributed by atoms with van der Waals surface area (Å²) in [7, 11) is 0. The highest BCUT2D eigenvalue weighted by Gasteiger charge is 2.09. The second-order valence-electron chi connectivity index (χ2n) is 2.39. The third-order valence-electron chi connectivity index (χ3n) is 1.31. The van der Waals surface area contributed by atoms with Gasteiger partial charge in [-0.3, -0.25) is 4.79 Å². The van der Waals surface area contributed by atoms with Crippen LogP contribution in [0.25, 0.3) is 0 Å². The van der Waals surface area contributed by atoms with Crippen molar-refractivity contribution < 1.29 is 9.90 Å². The summed E-state index contributed by atoms with van der Waals surface area (Å²) in [4.78, 5) is 10.3. The van der Waals surface area contributed by atoms with Crippen LogP contribution in [0.4, 0.5) is 0 Å². The highest BCUT2D eigenvalue weighted by atomic mass is 35.5. The van der Waals surface area contributed by atoms with E-state index in [-0.39, 0.29) is 0 Å². The first-order valence-electron chi connectivity index (χ1n) is 3.80. The van der Waals surface area contributed by atoms with E-state index in [1.165, 1.54) is 0 Å². The van der Waals surface area contributed by atoms with Crippen LogP contribution in [-0.4, -0.2) is 34.5 Å². The molecule has 0 amide bonds. The minimum Gasteiger partial charge on any atom is -0.480 e. The summed E-state index contributed by atoms with van der Waals surface area (Å²) >= 11 is 7.16. The number of carboxylic acids is 1. The van der Waals surface area contributed by atoms with Crippen LogP contribution in [0.3, 0.4) is 0 Å². The first-order valence-corrected chi connectivity index (χ1v) is 5.49. The minimum absolute atomic E-state index is 0.530. The molecule has 0 aliphatic heterocycles. The molecule has 5 heteroatoms. The van der Waals surface area contributed by atoms with Gasteiger partial charge in [-0.1, -0.05) is 0 Å². The number of rotatable bonds is 7. The number of alkyl halides is 1. The van der Waals surface area contributed by atoms with Crippen molar-refractivity contribution in [3.63, 3.8) is 0 Å². The Morgan fingerprint density at radius 1 is 1.58 bits per heavy atom. The highest BCUT2D eigenvalue weighted by molar-refractivity contribution is 7.99. The maximum atomic E-state index is 10.3. The predicted molar refractivity (Wildman–Crippen MR) is 52.9 cm³/mol. The molecule has 0 spiro atoms. The quantitative estimate of drug-likeness (QED) is 0.490. The Balaban J connectivity index is 3.14. The van der Waals surface area contributed by atoms with Gasteiger partial charge >= 0.3 is 5.97 Å². The van der Waals surface area contributed by atoms with Crippen LogP contribution in [0.2, 0.25) is 0 Å². The fourth-order valence-electron chi connectivity index (χ4n) is 0.592. The SMILES string of the molecule is N[C@@H](CCSCCCCl)C(=O)O. The van der Waals surface area contributed by atoms with Crippen LogP contribution in [-0.2, 0) is 4.79 Å². The normalized spacial score (nSPS) is 12.8. The lowest BCUT2D eigenvalue weighted by atomic mass is 10.2. The lowest BCUT2D eigenvalue weighted by molar-refractivity contribution is -0.138. The van der Waals surface area contributed by atoms with Gasteiger partial charge < -0.3 is 10.8 Å². The molecule has 3 nitrogen and oxygen atoms in total. The average Bonchev–Trinajstić information content (AvgIpc) is 2.03. The largest absolute Gasteiger partial charge is 0.480 e. The summed E-state index contributed by atoms with van der Waals surface area (Å²) in [5, 5.41) is 8.43. The van der Waals surface area contributed by atoms with E-state index in [0.717, 1.165) is 17.9 Å². The van der Waals surface area contributed by atoms with E-state index >= 15 is 0 Å². The third kappa shape index (κ3) is 6.76. The van der Waals surface area contributed by atoms with Gasteiger partial charge in [-0.05, 0) is 24.3 Å². The van der Waals surface area contributed by atoms with Crippen LogP contribution in [0, 0.1) is 0 Å². The molecule has 0 aliphatic carbocycles. The lowest BCUT2D eigenvalue weighted by Crippen LogP contribution is -2.30. The minimum atomic E-state index is -0.923. The standard InChI is InChI=1S/C7H14ClNO2S/c8-3-1-4-12-5-2-6(9)7(10)11/h6H,1-5,9H2,(H,10,11)/t6-/m0/s1. The van der Waals surface area contributed by atoms with Gasteiger partial charge in [-0.25, -0.2) is 0 Å². The van der Waals surface area contributed by atoms with Gasteiger partial charge in [0.05, 0.1) is 0 Å². The van der Waals surface area contributed by atoms with Crippen molar-refractivity contribution >= 4 is 29.3 Å². The Hall–Kier alpha value is 0.0700. The van der Waals surface area contributed by atoms with Gasteiger partial charge in [0, 0.05) is 5.88 Å². The molecule has 0 aromatic heterocycles. The summed E-state index contributed by atoms with van der Waals surface area (Å²) in [6.07, 6.45) is 1.50. The lowest BCUT2D eigenvalue weighted by Gasteiger charge is -2.04. The van der Waals surface area contributed by atoms with Gasteiger partial charge in [0.2, 0.25) is 0 Å². The second kappa shape index (κ2) is 7.71. The van der Waals surface area contributed by atoms with Crippen LogP contribution >= 0.6 is 23.4 Å². The smallest absolute Gasteiger partial charge is 0.320 e. The molecule has 12 heavy (non-hydrogen) atoms. The van der Waals surface area contributed by atoms with Gasteiger partial charge in [-0.15, -0.1) is 11.6 Å². The van der Waals surface area contributed by atoms with E-state index < -0.39 is 12.0 Å². The topological polar surface area (TPSA) is 63.3 Å². The van der Waals surface area contributed by atoms with Gasteiger partial charge in [0.15, 0.2) is 0 Å². The third-order valence-corrected chi connectivity index (χ3v) is 2.68. The Morgan fingerprint density at radius 3 is 2.75 bits per heavy atom. The van der Waals surface area contributed by atoms with E-state index in [1.807, 2.05) is 0 Å². The van der Waals surface area contributed by atoms with E-state index in [1.54, 1.807) is 11.8 Å². The van der Waals surface area contributed by atoms with Gasteiger partial charge in [-0.2, -0.15) is 11.8 Å². The van der Waals surface area contributed by atoms with E-state index in [4.69, 9.17) is 22.4 Å². The number of halogens is 1. The summed E-state index contributed by atoms with van der Waals surface area (Å²) in [6, 6.07) is -0.714. The van der Waals surface area contributed by atoms with Crippen molar-refractivity contribution in [1.82, 2.24) is 0 Å². The Morgan fingerprint density at radius 2 is 2.25 bits per heavy atom. The molecule has 0 fully saturated rings. The van der Waals surface area contributed by atoms with Crippen LogP contribution in [0.5, 0.6) is 0 Å². The van der Waals surface area contributed by atoms with Crippen molar-refractivity contribution in [1.29, 1.82) is 0 Å². The molecule has 0 heterocycles.